The van der Waals surface area contributed by atoms with Crippen LogP contribution in [0.4, 0.5) is 0 Å². The lowest BCUT2D eigenvalue weighted by molar-refractivity contribution is 0.0925. The van der Waals surface area contributed by atoms with E-state index in [2.05, 4.69) is 22.4 Å². The average molecular weight is 271 g/mol. The molecule has 2 N–H and O–H groups in total. The molecule has 0 spiro atoms. The van der Waals surface area contributed by atoms with Crippen LogP contribution in [-0.2, 0) is 0 Å². The second-order valence-electron chi connectivity index (χ2n) is 5.44. The molecule has 1 amide bonds. The second-order valence-corrected chi connectivity index (χ2v) is 5.44. The number of amides is 1. The largest absolute Gasteiger partial charge is 0.348 e. The highest BCUT2D eigenvalue weighted by Crippen LogP contribution is 2.25. The molecule has 2 unspecified atom stereocenters. The molecular weight excluding hydrogens is 254 g/mol. The SMILES string of the molecule is CC1CCCC1NC(=O)c1n[nH]c(=O)c2ccccc12. The van der Waals surface area contributed by atoms with Gasteiger partial charge in [-0.1, -0.05) is 31.5 Å². The summed E-state index contributed by atoms with van der Waals surface area (Å²) < 4.78 is 0. The number of rotatable bonds is 2. The van der Waals surface area contributed by atoms with Gasteiger partial charge in [0.2, 0.25) is 0 Å². The summed E-state index contributed by atoms with van der Waals surface area (Å²) in [6.45, 7) is 2.15. The number of nitrogens with one attached hydrogen (secondary N) is 2. The van der Waals surface area contributed by atoms with E-state index in [9.17, 15) is 9.59 Å². The molecule has 1 aliphatic rings. The monoisotopic (exact) mass is 271 g/mol. The molecule has 1 aromatic carbocycles. The van der Waals surface area contributed by atoms with Gasteiger partial charge in [0.15, 0.2) is 5.69 Å². The first-order valence-corrected chi connectivity index (χ1v) is 6.95. The molecule has 5 nitrogen and oxygen atoms in total. The van der Waals surface area contributed by atoms with E-state index in [0.29, 0.717) is 22.4 Å². The fraction of sp³-hybridized carbons (Fsp3) is 0.400. The van der Waals surface area contributed by atoms with Crippen molar-refractivity contribution in [1.82, 2.24) is 15.5 Å². The van der Waals surface area contributed by atoms with Gasteiger partial charge in [0.05, 0.1) is 5.39 Å². The first kappa shape index (κ1) is 12.8. The molecule has 2 aromatic rings. The van der Waals surface area contributed by atoms with Crippen LogP contribution in [0, 0.1) is 5.92 Å². The van der Waals surface area contributed by atoms with E-state index in [-0.39, 0.29) is 17.5 Å². The number of nitrogens with zero attached hydrogens (tertiary/aromatic N) is 1. The van der Waals surface area contributed by atoms with Crippen LogP contribution in [0.25, 0.3) is 10.8 Å². The number of fused-ring (bicyclic) bond motifs is 1. The summed E-state index contributed by atoms with van der Waals surface area (Å²) in [5, 5.41) is 10.4. The zero-order chi connectivity index (χ0) is 14.1. The molecule has 0 bridgehead atoms. The molecule has 1 aliphatic carbocycles. The van der Waals surface area contributed by atoms with Crippen molar-refractivity contribution in [3.63, 3.8) is 0 Å². The highest BCUT2D eigenvalue weighted by atomic mass is 16.2. The summed E-state index contributed by atoms with van der Waals surface area (Å²) in [6.07, 6.45) is 3.30. The van der Waals surface area contributed by atoms with Crippen molar-refractivity contribution in [3.05, 3.63) is 40.3 Å². The Morgan fingerprint density at radius 1 is 1.30 bits per heavy atom. The molecule has 3 rings (SSSR count). The molecule has 104 valence electrons. The molecule has 0 aliphatic heterocycles. The number of hydrogen-bond donors (Lipinski definition) is 2. The summed E-state index contributed by atoms with van der Waals surface area (Å²) in [5.41, 5.74) is 0.0192. The van der Waals surface area contributed by atoms with Gasteiger partial charge in [0.25, 0.3) is 11.5 Å². The van der Waals surface area contributed by atoms with Crippen molar-refractivity contribution in [2.45, 2.75) is 32.2 Å². The molecule has 1 heterocycles. The third kappa shape index (κ3) is 2.19. The minimum atomic E-state index is -0.272. The summed E-state index contributed by atoms with van der Waals surface area (Å²) in [4.78, 5) is 24.1. The summed E-state index contributed by atoms with van der Waals surface area (Å²) in [5.74, 6) is 0.282. The third-order valence-corrected chi connectivity index (χ3v) is 4.09. The van der Waals surface area contributed by atoms with E-state index in [4.69, 9.17) is 0 Å². The fourth-order valence-corrected chi connectivity index (χ4v) is 2.88. The Morgan fingerprint density at radius 3 is 2.75 bits per heavy atom. The normalized spacial score (nSPS) is 22.1. The molecule has 1 fully saturated rings. The van der Waals surface area contributed by atoms with Crippen LogP contribution in [-0.4, -0.2) is 22.1 Å². The lowest BCUT2D eigenvalue weighted by atomic mass is 10.1. The predicted molar refractivity (Wildman–Crippen MR) is 76.6 cm³/mol. The Kier molecular flexibility index (Phi) is 3.26. The number of aromatic nitrogens is 2. The lowest BCUT2D eigenvalue weighted by Gasteiger charge is -2.17. The molecule has 5 heteroatoms. The number of carbonyl (C=O) groups is 1. The van der Waals surface area contributed by atoms with Gasteiger partial charge < -0.3 is 5.32 Å². The first-order chi connectivity index (χ1) is 9.66. The first-order valence-electron chi connectivity index (χ1n) is 6.95. The average Bonchev–Trinajstić information content (AvgIpc) is 2.85. The van der Waals surface area contributed by atoms with Gasteiger partial charge in [-0.3, -0.25) is 9.59 Å². The van der Waals surface area contributed by atoms with E-state index in [1.54, 1.807) is 24.3 Å². The van der Waals surface area contributed by atoms with Gasteiger partial charge in [0.1, 0.15) is 0 Å². The van der Waals surface area contributed by atoms with Crippen molar-refractivity contribution < 1.29 is 4.79 Å². The van der Waals surface area contributed by atoms with Crippen molar-refractivity contribution in [3.8, 4) is 0 Å². The van der Waals surface area contributed by atoms with E-state index in [1.807, 2.05) is 0 Å². The minimum Gasteiger partial charge on any atom is -0.348 e. The Balaban J connectivity index is 1.96. The summed E-state index contributed by atoms with van der Waals surface area (Å²) in [6, 6.07) is 7.24. The number of carbonyl (C=O) groups excluding carboxylic acids is 1. The van der Waals surface area contributed by atoms with Crippen molar-refractivity contribution in [2.75, 3.05) is 0 Å². The fourth-order valence-electron chi connectivity index (χ4n) is 2.88. The maximum Gasteiger partial charge on any atom is 0.272 e. The molecule has 0 saturated heterocycles. The van der Waals surface area contributed by atoms with Gasteiger partial charge in [-0.25, -0.2) is 5.10 Å². The molecule has 2 atom stereocenters. The van der Waals surface area contributed by atoms with Gasteiger partial charge >= 0.3 is 0 Å². The predicted octanol–water partition coefficient (Wildman–Crippen LogP) is 1.84. The van der Waals surface area contributed by atoms with Crippen molar-refractivity contribution >= 4 is 16.7 Å². The smallest absolute Gasteiger partial charge is 0.272 e. The number of hydrogen-bond acceptors (Lipinski definition) is 3. The Bertz CT molecular complexity index is 708. The number of benzene rings is 1. The Hall–Kier alpha value is -2.17. The highest BCUT2D eigenvalue weighted by Gasteiger charge is 2.26. The zero-order valence-electron chi connectivity index (χ0n) is 11.3. The topological polar surface area (TPSA) is 74.8 Å². The van der Waals surface area contributed by atoms with Gasteiger partial charge in [-0.15, -0.1) is 0 Å². The van der Waals surface area contributed by atoms with Gasteiger partial charge in [-0.2, -0.15) is 5.10 Å². The Morgan fingerprint density at radius 2 is 2.05 bits per heavy atom. The quantitative estimate of drug-likeness (QED) is 0.875. The molecular formula is C15H17N3O2. The van der Waals surface area contributed by atoms with Gasteiger partial charge in [-0.05, 0) is 24.8 Å². The number of aromatic amines is 1. The molecule has 1 saturated carbocycles. The maximum atomic E-state index is 12.4. The number of H-pyrrole nitrogens is 1. The third-order valence-electron chi connectivity index (χ3n) is 4.09. The summed E-state index contributed by atoms with van der Waals surface area (Å²) in [7, 11) is 0. The highest BCUT2D eigenvalue weighted by molar-refractivity contribution is 6.04. The standard InChI is InChI=1S/C15H17N3O2/c1-9-5-4-8-12(9)16-15(20)13-10-6-2-3-7-11(10)14(19)18-17-13/h2-3,6-7,9,12H,4-5,8H2,1H3,(H,16,20)(H,18,19). The summed E-state index contributed by atoms with van der Waals surface area (Å²) >= 11 is 0. The van der Waals surface area contributed by atoms with Crippen molar-refractivity contribution in [1.29, 1.82) is 0 Å². The Labute approximate surface area is 116 Å². The van der Waals surface area contributed by atoms with Crippen molar-refractivity contribution in [2.24, 2.45) is 5.92 Å². The van der Waals surface area contributed by atoms with Crippen LogP contribution < -0.4 is 10.9 Å². The van der Waals surface area contributed by atoms with Crippen LogP contribution in [0.3, 0.4) is 0 Å². The minimum absolute atomic E-state index is 0.204. The second kappa shape index (κ2) is 5.07. The molecule has 0 radical (unpaired) electrons. The zero-order valence-corrected chi connectivity index (χ0v) is 11.3. The van der Waals surface area contributed by atoms with Crippen LogP contribution >= 0.6 is 0 Å². The van der Waals surface area contributed by atoms with Crippen LogP contribution in [0.5, 0.6) is 0 Å². The molecule has 1 aromatic heterocycles. The van der Waals surface area contributed by atoms with Gasteiger partial charge in [0, 0.05) is 11.4 Å². The lowest BCUT2D eigenvalue weighted by Crippen LogP contribution is -2.37. The van der Waals surface area contributed by atoms with Crippen LogP contribution in [0.2, 0.25) is 0 Å². The van der Waals surface area contributed by atoms with Crippen LogP contribution in [0.15, 0.2) is 29.1 Å². The van der Waals surface area contributed by atoms with E-state index in [1.165, 1.54) is 0 Å². The molecule has 20 heavy (non-hydrogen) atoms. The van der Waals surface area contributed by atoms with E-state index >= 15 is 0 Å². The maximum absolute atomic E-state index is 12.4. The van der Waals surface area contributed by atoms with E-state index in [0.717, 1.165) is 19.3 Å². The van der Waals surface area contributed by atoms with Crippen LogP contribution in [0.1, 0.15) is 36.7 Å². The van der Waals surface area contributed by atoms with E-state index < -0.39 is 0 Å².